The average molecular weight is 336 g/mol. The number of pyridine rings is 1. The zero-order valence-electron chi connectivity index (χ0n) is 15.4. The second-order valence-electron chi connectivity index (χ2n) is 6.23. The minimum atomic E-state index is 0.108. The second kappa shape index (κ2) is 7.01. The summed E-state index contributed by atoms with van der Waals surface area (Å²) in [6, 6.07) is 5.93. The first-order valence-corrected chi connectivity index (χ1v) is 8.56. The fourth-order valence-corrected chi connectivity index (χ4v) is 3.21. The third-order valence-electron chi connectivity index (χ3n) is 4.31. The van der Waals surface area contributed by atoms with Crippen molar-refractivity contribution in [3.05, 3.63) is 53.2 Å². The molecule has 0 amide bonds. The predicted octanol–water partition coefficient (Wildman–Crippen LogP) is 3.85. The van der Waals surface area contributed by atoms with Gasteiger partial charge in [0.25, 0.3) is 0 Å². The van der Waals surface area contributed by atoms with Gasteiger partial charge in [-0.25, -0.2) is 9.97 Å². The molecule has 0 aliphatic heterocycles. The molecule has 3 heterocycles. The maximum Gasteiger partial charge on any atom is 0.163 e. The van der Waals surface area contributed by atoms with Crippen LogP contribution in [0.1, 0.15) is 42.5 Å². The van der Waals surface area contributed by atoms with E-state index in [0.29, 0.717) is 5.82 Å². The summed E-state index contributed by atoms with van der Waals surface area (Å²) in [5.74, 6) is 1.49. The number of rotatable bonds is 5. The maximum atomic E-state index is 4.67. The third-order valence-corrected chi connectivity index (χ3v) is 4.31. The van der Waals surface area contributed by atoms with E-state index < -0.39 is 0 Å². The van der Waals surface area contributed by atoms with Crippen LogP contribution < -0.4 is 5.32 Å². The Labute approximate surface area is 148 Å². The van der Waals surface area contributed by atoms with Gasteiger partial charge in [-0.1, -0.05) is 0 Å². The van der Waals surface area contributed by atoms with Gasteiger partial charge < -0.3 is 5.32 Å². The molecule has 3 rings (SSSR count). The molecule has 0 bridgehead atoms. The van der Waals surface area contributed by atoms with Gasteiger partial charge in [0.05, 0.1) is 11.7 Å². The van der Waals surface area contributed by atoms with Crippen molar-refractivity contribution >= 4 is 5.82 Å². The van der Waals surface area contributed by atoms with Crippen molar-refractivity contribution < 1.29 is 0 Å². The molecule has 0 aromatic carbocycles. The number of anilines is 1. The summed E-state index contributed by atoms with van der Waals surface area (Å²) in [7, 11) is 0. The largest absolute Gasteiger partial charge is 0.363 e. The van der Waals surface area contributed by atoms with Crippen LogP contribution in [0, 0.1) is 20.8 Å². The number of aromatic nitrogens is 5. The van der Waals surface area contributed by atoms with Crippen molar-refractivity contribution in [2.75, 3.05) is 5.32 Å². The highest BCUT2D eigenvalue weighted by atomic mass is 15.3. The van der Waals surface area contributed by atoms with E-state index in [9.17, 15) is 0 Å². The number of hydrogen-bond donors (Lipinski definition) is 1. The van der Waals surface area contributed by atoms with Crippen LogP contribution in [0.5, 0.6) is 0 Å². The summed E-state index contributed by atoms with van der Waals surface area (Å²) in [6.07, 6.45) is 3.53. The van der Waals surface area contributed by atoms with Crippen LogP contribution in [0.15, 0.2) is 30.6 Å². The topological polar surface area (TPSA) is 68.5 Å². The van der Waals surface area contributed by atoms with Crippen LogP contribution in [0.4, 0.5) is 5.82 Å². The normalized spacial score (nSPS) is 12.2. The fourth-order valence-electron chi connectivity index (χ4n) is 3.21. The molecule has 3 aromatic heterocycles. The Morgan fingerprint density at radius 1 is 1.20 bits per heavy atom. The highest BCUT2D eigenvalue weighted by Gasteiger charge is 2.18. The molecule has 0 saturated carbocycles. The maximum absolute atomic E-state index is 4.67. The molecule has 0 aliphatic carbocycles. The van der Waals surface area contributed by atoms with Gasteiger partial charge in [-0.15, -0.1) is 0 Å². The van der Waals surface area contributed by atoms with E-state index in [1.165, 1.54) is 11.3 Å². The first-order chi connectivity index (χ1) is 12.0. The molecule has 0 fully saturated rings. The molecule has 6 heteroatoms. The monoisotopic (exact) mass is 336 g/mol. The first kappa shape index (κ1) is 17.1. The van der Waals surface area contributed by atoms with Gasteiger partial charge in [0.1, 0.15) is 5.82 Å². The Morgan fingerprint density at radius 3 is 2.64 bits per heavy atom. The molecule has 0 spiro atoms. The van der Waals surface area contributed by atoms with Crippen LogP contribution in [-0.4, -0.2) is 24.7 Å². The summed E-state index contributed by atoms with van der Waals surface area (Å²) in [4.78, 5) is 13.3. The number of nitrogens with zero attached hydrogens (tertiary/aromatic N) is 5. The number of nitrogens with one attached hydrogen (secondary N) is 1. The summed E-state index contributed by atoms with van der Waals surface area (Å²) < 4.78 is 2.04. The minimum Gasteiger partial charge on any atom is -0.363 e. The van der Waals surface area contributed by atoms with Gasteiger partial charge in [0.15, 0.2) is 5.82 Å². The molecule has 3 aromatic rings. The quantitative estimate of drug-likeness (QED) is 0.766. The van der Waals surface area contributed by atoms with E-state index in [1.807, 2.05) is 29.8 Å². The van der Waals surface area contributed by atoms with Gasteiger partial charge >= 0.3 is 0 Å². The molecule has 25 heavy (non-hydrogen) atoms. The average Bonchev–Trinajstić information content (AvgIpc) is 2.89. The molecular weight excluding hydrogens is 312 g/mol. The molecule has 6 nitrogen and oxygen atoms in total. The lowest BCUT2D eigenvalue weighted by Gasteiger charge is -2.16. The van der Waals surface area contributed by atoms with Crippen LogP contribution in [0.3, 0.4) is 0 Å². The van der Waals surface area contributed by atoms with Crippen LogP contribution in [0.2, 0.25) is 0 Å². The van der Waals surface area contributed by atoms with Crippen molar-refractivity contribution in [2.45, 2.75) is 47.2 Å². The molecule has 130 valence electrons. The van der Waals surface area contributed by atoms with Crippen molar-refractivity contribution in [1.82, 2.24) is 24.7 Å². The smallest absolute Gasteiger partial charge is 0.163 e. The zero-order valence-corrected chi connectivity index (χ0v) is 15.4. The second-order valence-corrected chi connectivity index (χ2v) is 6.23. The van der Waals surface area contributed by atoms with E-state index in [4.69, 9.17) is 0 Å². The molecular formula is C19H24N6. The Balaban J connectivity index is 1.91. The van der Waals surface area contributed by atoms with Crippen molar-refractivity contribution in [1.29, 1.82) is 0 Å². The molecule has 0 radical (unpaired) electrons. The number of hydrogen-bond acceptors (Lipinski definition) is 5. The molecule has 1 unspecified atom stereocenters. The van der Waals surface area contributed by atoms with E-state index in [2.05, 4.69) is 53.1 Å². The van der Waals surface area contributed by atoms with Crippen molar-refractivity contribution in [3.63, 3.8) is 0 Å². The van der Waals surface area contributed by atoms with E-state index >= 15 is 0 Å². The summed E-state index contributed by atoms with van der Waals surface area (Å²) in [5.41, 5.74) is 5.30. The lowest BCUT2D eigenvalue weighted by Crippen LogP contribution is -2.11. The Kier molecular flexibility index (Phi) is 4.79. The van der Waals surface area contributed by atoms with Crippen LogP contribution >= 0.6 is 0 Å². The summed E-state index contributed by atoms with van der Waals surface area (Å²) in [5, 5.41) is 8.11. The lowest BCUT2D eigenvalue weighted by atomic mass is 10.1. The first-order valence-electron chi connectivity index (χ1n) is 8.56. The molecule has 0 aliphatic rings. The molecule has 0 saturated heterocycles. The third kappa shape index (κ3) is 3.52. The highest BCUT2D eigenvalue weighted by molar-refractivity contribution is 5.56. The van der Waals surface area contributed by atoms with E-state index in [-0.39, 0.29) is 6.04 Å². The predicted molar refractivity (Wildman–Crippen MR) is 99.4 cm³/mol. The van der Waals surface area contributed by atoms with Crippen molar-refractivity contribution in [2.24, 2.45) is 0 Å². The van der Waals surface area contributed by atoms with Gasteiger partial charge in [0, 0.05) is 47.5 Å². The van der Waals surface area contributed by atoms with E-state index in [1.54, 1.807) is 12.4 Å². The molecule has 1 atom stereocenters. The summed E-state index contributed by atoms with van der Waals surface area (Å²) >= 11 is 0. The van der Waals surface area contributed by atoms with E-state index in [0.717, 1.165) is 29.3 Å². The molecule has 1 N–H and O–H groups in total. The fraction of sp³-hybridized carbons (Fsp3) is 0.368. The van der Waals surface area contributed by atoms with Gasteiger partial charge in [-0.05, 0) is 46.8 Å². The number of aryl methyl sites for hydroxylation is 3. The SMILES string of the molecule is CCn1nc(C)c(C(C)Nc2cc(C)nc(-c3cccnc3)n2)c1C. The van der Waals surface area contributed by atoms with Gasteiger partial charge in [0.2, 0.25) is 0 Å². The lowest BCUT2D eigenvalue weighted by molar-refractivity contribution is 0.632. The van der Waals surface area contributed by atoms with Gasteiger partial charge in [-0.2, -0.15) is 5.10 Å². The Bertz CT molecular complexity index is 869. The van der Waals surface area contributed by atoms with Crippen LogP contribution in [-0.2, 0) is 6.54 Å². The highest BCUT2D eigenvalue weighted by Crippen LogP contribution is 2.25. The standard InChI is InChI=1S/C19H24N6/c1-6-25-15(5)18(14(4)24-25)13(3)22-17-10-12(2)21-19(23-17)16-8-7-9-20-11-16/h7-11,13H,6H2,1-5H3,(H,21,22,23). The zero-order chi connectivity index (χ0) is 18.0. The summed E-state index contributed by atoms with van der Waals surface area (Å²) in [6.45, 7) is 11.3. The van der Waals surface area contributed by atoms with Crippen LogP contribution in [0.25, 0.3) is 11.4 Å². The Morgan fingerprint density at radius 2 is 2.00 bits per heavy atom. The van der Waals surface area contributed by atoms with Crippen molar-refractivity contribution in [3.8, 4) is 11.4 Å². The Hall–Kier alpha value is -2.76. The van der Waals surface area contributed by atoms with Gasteiger partial charge in [-0.3, -0.25) is 9.67 Å². The minimum absolute atomic E-state index is 0.108.